The molecule has 0 aliphatic rings. The Morgan fingerprint density at radius 3 is 2.19 bits per heavy atom. The third-order valence-electron chi connectivity index (χ3n) is 3.24. The summed E-state index contributed by atoms with van der Waals surface area (Å²) in [7, 11) is 0.384. The number of methoxy groups -OCH3 is 1. The Bertz CT molecular complexity index is 355. The molecule has 0 atom stereocenters. The summed E-state index contributed by atoms with van der Waals surface area (Å²) in [5.41, 5.74) is 0. The van der Waals surface area contributed by atoms with Crippen LogP contribution < -0.4 is 4.74 Å². The van der Waals surface area contributed by atoms with Gasteiger partial charge in [-0.05, 0) is 17.2 Å². The molecule has 0 heterocycles. The molecule has 1 aromatic carbocycles. The topological polar surface area (TPSA) is 9.23 Å². The van der Waals surface area contributed by atoms with Crippen LogP contribution in [0.15, 0.2) is 29.2 Å². The maximum atomic E-state index is 5.41. The summed E-state index contributed by atoms with van der Waals surface area (Å²) in [6, 6.07) is 8.30. The number of para-hydroxylation sites is 1. The van der Waals surface area contributed by atoms with Crippen molar-refractivity contribution in [1.82, 2.24) is 0 Å². The zero-order valence-electron chi connectivity index (χ0n) is 11.1. The summed E-state index contributed by atoms with van der Waals surface area (Å²) in [6.07, 6.45) is 0. The molecule has 0 aromatic heterocycles. The second-order valence-corrected chi connectivity index (χ2v) is 14.4. The lowest BCUT2D eigenvalue weighted by atomic mass is 10.2. The molecule has 0 bridgehead atoms. The van der Waals surface area contributed by atoms with E-state index in [0.29, 0.717) is 5.04 Å². The van der Waals surface area contributed by atoms with Gasteiger partial charge in [0.2, 0.25) is 0 Å². The molecule has 0 saturated carbocycles. The molecule has 0 saturated heterocycles. The zero-order valence-corrected chi connectivity index (χ0v) is 12.9. The highest BCUT2D eigenvalue weighted by Crippen LogP contribution is 2.48. The lowest BCUT2D eigenvalue weighted by Gasteiger charge is -2.36. The molecule has 3 heteroatoms. The second kappa shape index (κ2) is 4.84. The Hall–Kier alpha value is -0.413. The van der Waals surface area contributed by atoms with E-state index in [1.165, 1.54) is 4.90 Å². The number of hydrogen-bond donors (Lipinski definition) is 0. The number of benzene rings is 1. The maximum Gasteiger partial charge on any atom is 0.131 e. The molecule has 1 nitrogen and oxygen atoms in total. The van der Waals surface area contributed by atoms with Gasteiger partial charge in [0.05, 0.1) is 7.11 Å². The van der Waals surface area contributed by atoms with E-state index in [-0.39, 0.29) is 0 Å². The highest BCUT2D eigenvalue weighted by atomic mass is 32.4. The van der Waals surface area contributed by atoms with Gasteiger partial charge in [-0.3, -0.25) is 0 Å². The van der Waals surface area contributed by atoms with Crippen molar-refractivity contribution < 1.29 is 4.74 Å². The van der Waals surface area contributed by atoms with E-state index in [1.807, 2.05) is 23.3 Å². The van der Waals surface area contributed by atoms with Crippen molar-refractivity contribution >= 4 is 18.4 Å². The highest BCUT2D eigenvalue weighted by molar-refractivity contribution is 8.29. The minimum atomic E-state index is -1.36. The molecule has 1 aromatic rings. The molecule has 0 aliphatic heterocycles. The predicted molar refractivity (Wildman–Crippen MR) is 76.0 cm³/mol. The van der Waals surface area contributed by atoms with Crippen LogP contribution in [0.4, 0.5) is 0 Å². The van der Waals surface area contributed by atoms with Gasteiger partial charge in [0, 0.05) is 4.90 Å². The molecule has 0 amide bonds. The van der Waals surface area contributed by atoms with Crippen molar-refractivity contribution in [2.24, 2.45) is 0 Å². The van der Waals surface area contributed by atoms with E-state index in [0.717, 1.165) is 5.75 Å². The van der Waals surface area contributed by atoms with Crippen LogP contribution >= 0.6 is 11.2 Å². The molecular weight excluding hydrogens is 232 g/mol. The predicted octanol–water partition coefficient (Wildman–Crippen LogP) is 4.79. The van der Waals surface area contributed by atoms with Crippen LogP contribution in [0.5, 0.6) is 5.75 Å². The molecule has 0 fully saturated rings. The van der Waals surface area contributed by atoms with Gasteiger partial charge in [-0.25, -0.2) is 0 Å². The third kappa shape index (κ3) is 3.05. The quantitative estimate of drug-likeness (QED) is 0.717. The molecule has 0 N–H and O–H groups in total. The number of ether oxygens (including phenoxy) is 1. The van der Waals surface area contributed by atoms with Crippen molar-refractivity contribution in [3.63, 3.8) is 0 Å². The SMILES string of the molecule is COc1ccccc1S[Si](C)(C)C(C)(C)C. The van der Waals surface area contributed by atoms with Gasteiger partial charge in [0.25, 0.3) is 0 Å². The van der Waals surface area contributed by atoms with Gasteiger partial charge in [-0.15, -0.1) is 11.2 Å². The molecular formula is C13H22OSSi. The fourth-order valence-electron chi connectivity index (χ4n) is 1.13. The number of rotatable bonds is 3. The Balaban J connectivity index is 2.96. The third-order valence-corrected chi connectivity index (χ3v) is 11.9. The van der Waals surface area contributed by atoms with Crippen LogP contribution in [-0.2, 0) is 0 Å². The van der Waals surface area contributed by atoms with Gasteiger partial charge in [-0.1, -0.05) is 46.0 Å². The van der Waals surface area contributed by atoms with Gasteiger partial charge >= 0.3 is 0 Å². The van der Waals surface area contributed by atoms with Gasteiger partial charge in [0.15, 0.2) is 0 Å². The number of hydrogen-bond acceptors (Lipinski definition) is 2. The fourth-order valence-corrected chi connectivity index (χ4v) is 5.46. The van der Waals surface area contributed by atoms with Crippen LogP contribution in [0.25, 0.3) is 0 Å². The lowest BCUT2D eigenvalue weighted by molar-refractivity contribution is 0.405. The minimum Gasteiger partial charge on any atom is -0.496 e. The van der Waals surface area contributed by atoms with Crippen LogP contribution in [0.2, 0.25) is 18.1 Å². The normalized spacial score (nSPS) is 12.6. The summed E-state index contributed by atoms with van der Waals surface area (Å²) >= 11 is 2.02. The van der Waals surface area contributed by atoms with E-state index in [9.17, 15) is 0 Å². The first-order valence-corrected chi connectivity index (χ1v) is 10.1. The Morgan fingerprint density at radius 1 is 1.12 bits per heavy atom. The molecule has 0 aliphatic carbocycles. The molecule has 0 unspecified atom stereocenters. The summed E-state index contributed by atoms with van der Waals surface area (Å²) in [5, 5.41) is 0.387. The molecule has 1 rings (SSSR count). The van der Waals surface area contributed by atoms with Crippen molar-refractivity contribution in [2.75, 3.05) is 7.11 Å². The van der Waals surface area contributed by atoms with E-state index < -0.39 is 7.22 Å². The van der Waals surface area contributed by atoms with Crippen molar-refractivity contribution in [3.8, 4) is 5.75 Å². The van der Waals surface area contributed by atoms with E-state index in [4.69, 9.17) is 4.74 Å². The highest BCUT2D eigenvalue weighted by Gasteiger charge is 2.36. The van der Waals surface area contributed by atoms with Crippen LogP contribution in [0, 0.1) is 0 Å². The molecule has 90 valence electrons. The van der Waals surface area contributed by atoms with E-state index in [2.05, 4.69) is 46.0 Å². The average molecular weight is 254 g/mol. The van der Waals surface area contributed by atoms with Crippen molar-refractivity contribution in [1.29, 1.82) is 0 Å². The minimum absolute atomic E-state index is 0.387. The molecule has 0 radical (unpaired) electrons. The summed E-state index contributed by atoms with van der Waals surface area (Å²) in [4.78, 5) is 1.27. The Kier molecular flexibility index (Phi) is 4.13. The summed E-state index contributed by atoms with van der Waals surface area (Å²) in [5.74, 6) is 0.998. The molecule has 16 heavy (non-hydrogen) atoms. The standard InChI is InChI=1S/C13H22OSSi/c1-13(2,3)16(5,6)15-12-10-8-7-9-11(12)14-4/h7-10H,1-6H3. The first-order valence-electron chi connectivity index (χ1n) is 5.60. The summed E-state index contributed by atoms with van der Waals surface area (Å²) in [6.45, 7) is 11.8. The lowest BCUT2D eigenvalue weighted by Crippen LogP contribution is -2.33. The first kappa shape index (κ1) is 13.7. The van der Waals surface area contributed by atoms with Crippen LogP contribution in [0.3, 0.4) is 0 Å². The summed E-state index contributed by atoms with van der Waals surface area (Å²) < 4.78 is 5.41. The van der Waals surface area contributed by atoms with Gasteiger partial charge in [0.1, 0.15) is 13.0 Å². The Morgan fingerprint density at radius 2 is 1.69 bits per heavy atom. The van der Waals surface area contributed by atoms with Gasteiger partial charge in [-0.2, -0.15) is 0 Å². The largest absolute Gasteiger partial charge is 0.496 e. The monoisotopic (exact) mass is 254 g/mol. The average Bonchev–Trinajstić information content (AvgIpc) is 2.16. The van der Waals surface area contributed by atoms with Crippen LogP contribution in [0.1, 0.15) is 20.8 Å². The first-order chi connectivity index (χ1) is 7.28. The Labute approximate surface area is 104 Å². The van der Waals surface area contributed by atoms with Crippen molar-refractivity contribution in [2.45, 2.75) is 43.8 Å². The maximum absolute atomic E-state index is 5.41. The van der Waals surface area contributed by atoms with Crippen LogP contribution in [-0.4, -0.2) is 14.3 Å². The van der Waals surface area contributed by atoms with Gasteiger partial charge < -0.3 is 4.74 Å². The van der Waals surface area contributed by atoms with E-state index in [1.54, 1.807) is 7.11 Å². The second-order valence-electron chi connectivity index (χ2n) is 5.51. The van der Waals surface area contributed by atoms with Crippen molar-refractivity contribution in [3.05, 3.63) is 24.3 Å². The smallest absolute Gasteiger partial charge is 0.131 e. The van der Waals surface area contributed by atoms with E-state index >= 15 is 0 Å². The molecule has 0 spiro atoms. The fraction of sp³-hybridized carbons (Fsp3) is 0.538. The zero-order chi connectivity index (χ0) is 12.4.